The molecule has 0 aliphatic carbocycles. The van der Waals surface area contributed by atoms with Gasteiger partial charge >= 0.3 is 0 Å². The average Bonchev–Trinajstić information content (AvgIpc) is 2.47. The monoisotopic (exact) mass is 309 g/mol. The van der Waals surface area contributed by atoms with Gasteiger partial charge in [-0.25, -0.2) is 8.42 Å². The van der Waals surface area contributed by atoms with Crippen molar-refractivity contribution in [3.63, 3.8) is 0 Å². The summed E-state index contributed by atoms with van der Waals surface area (Å²) in [6, 6.07) is 7.98. The molecule has 1 aromatic carbocycles. The molecule has 0 N–H and O–H groups in total. The first kappa shape index (κ1) is 17.6. The van der Waals surface area contributed by atoms with E-state index in [2.05, 4.69) is 13.2 Å². The Morgan fingerprint density at radius 3 is 2.38 bits per heavy atom. The fourth-order valence-electron chi connectivity index (χ4n) is 2.26. The van der Waals surface area contributed by atoms with Crippen molar-refractivity contribution in [2.75, 3.05) is 14.2 Å². The van der Waals surface area contributed by atoms with Crippen LogP contribution in [0.3, 0.4) is 0 Å². The number of ether oxygens (including phenoxy) is 1. The predicted octanol–water partition coefficient (Wildman–Crippen LogP) is 2.84. The fraction of sp³-hybridized carbons (Fsp3) is 0.375. The summed E-state index contributed by atoms with van der Waals surface area (Å²) in [5, 5.41) is 0. The Kier molecular flexibility index (Phi) is 6.33. The van der Waals surface area contributed by atoms with Crippen LogP contribution in [0.5, 0.6) is 0 Å². The molecule has 116 valence electrons. The first-order valence-corrected chi connectivity index (χ1v) is 8.12. The van der Waals surface area contributed by atoms with Crippen LogP contribution in [0.1, 0.15) is 13.3 Å². The van der Waals surface area contributed by atoms with Gasteiger partial charge in [-0.05, 0) is 25.5 Å². The van der Waals surface area contributed by atoms with Crippen LogP contribution in [0.25, 0.3) is 0 Å². The molecule has 0 bridgehead atoms. The van der Waals surface area contributed by atoms with E-state index >= 15 is 0 Å². The van der Waals surface area contributed by atoms with Crippen LogP contribution in [0, 0.1) is 0 Å². The van der Waals surface area contributed by atoms with Gasteiger partial charge in [0.15, 0.2) is 0 Å². The van der Waals surface area contributed by atoms with Crippen LogP contribution < -0.4 is 0 Å². The number of likely N-dealkylation sites (N-methyl/N-ethyl adjacent to an activating group) is 1. The lowest BCUT2D eigenvalue weighted by Crippen LogP contribution is -2.45. The molecule has 1 aromatic rings. The maximum atomic E-state index is 12.7. The molecule has 21 heavy (non-hydrogen) atoms. The molecule has 0 spiro atoms. The van der Waals surface area contributed by atoms with Crippen LogP contribution in [-0.2, 0) is 14.8 Å². The predicted molar refractivity (Wildman–Crippen MR) is 85.6 cm³/mol. The molecule has 1 rings (SSSR count). The Bertz CT molecular complexity index is 581. The van der Waals surface area contributed by atoms with E-state index in [-0.39, 0.29) is 17.0 Å². The molecule has 4 nitrogen and oxygen atoms in total. The molecule has 0 aliphatic heterocycles. The quantitative estimate of drug-likeness (QED) is 0.694. The molecule has 0 heterocycles. The van der Waals surface area contributed by atoms with Crippen LogP contribution in [-0.4, -0.2) is 39.0 Å². The Balaban J connectivity index is 3.19. The molecule has 0 aliphatic rings. The summed E-state index contributed by atoms with van der Waals surface area (Å²) >= 11 is 0. The summed E-state index contributed by atoms with van der Waals surface area (Å²) < 4.78 is 32.2. The topological polar surface area (TPSA) is 46.6 Å². The van der Waals surface area contributed by atoms with Crippen LogP contribution in [0.4, 0.5) is 0 Å². The van der Waals surface area contributed by atoms with Gasteiger partial charge in [0.25, 0.3) is 0 Å². The van der Waals surface area contributed by atoms with Gasteiger partial charge in [-0.15, -0.1) is 6.58 Å². The van der Waals surface area contributed by atoms with Crippen molar-refractivity contribution in [2.45, 2.75) is 30.4 Å². The summed E-state index contributed by atoms with van der Waals surface area (Å²) in [7, 11) is -0.470. The minimum atomic E-state index is -3.58. The Labute approximate surface area is 127 Å². The summed E-state index contributed by atoms with van der Waals surface area (Å²) in [6.45, 7) is 9.42. The molecule has 0 unspecified atom stereocenters. The van der Waals surface area contributed by atoms with Gasteiger partial charge in [-0.3, -0.25) is 0 Å². The fourth-order valence-corrected chi connectivity index (χ4v) is 3.64. The number of rotatable bonds is 8. The lowest BCUT2D eigenvalue weighted by atomic mass is 10.0. The van der Waals surface area contributed by atoms with E-state index in [1.807, 2.05) is 6.92 Å². The Hall–Kier alpha value is -1.43. The zero-order valence-electron chi connectivity index (χ0n) is 12.8. The van der Waals surface area contributed by atoms with Gasteiger partial charge in [-0.2, -0.15) is 4.31 Å². The van der Waals surface area contributed by atoms with Crippen molar-refractivity contribution in [1.82, 2.24) is 4.31 Å². The smallest absolute Gasteiger partial charge is 0.243 e. The summed E-state index contributed by atoms with van der Waals surface area (Å²) in [4.78, 5) is 0.262. The van der Waals surface area contributed by atoms with E-state index in [9.17, 15) is 8.42 Å². The number of hydrogen-bond donors (Lipinski definition) is 0. The number of nitrogens with zero attached hydrogens (tertiary/aromatic N) is 1. The normalized spacial score (nSPS) is 14.7. The van der Waals surface area contributed by atoms with Crippen molar-refractivity contribution >= 4 is 10.0 Å². The summed E-state index contributed by atoms with van der Waals surface area (Å²) in [5.41, 5.74) is 0.777. The molecule has 2 atom stereocenters. The SMILES string of the molecule is C=CC[C@H]([C@H](OC)C(=C)C)N(C)S(=O)(=O)c1ccccc1. The van der Waals surface area contributed by atoms with E-state index in [1.165, 1.54) is 4.31 Å². The maximum Gasteiger partial charge on any atom is 0.243 e. The molecule has 5 heteroatoms. The van der Waals surface area contributed by atoms with E-state index in [4.69, 9.17) is 4.74 Å². The lowest BCUT2D eigenvalue weighted by molar-refractivity contribution is 0.0759. The first-order chi connectivity index (χ1) is 9.86. The van der Waals surface area contributed by atoms with Gasteiger partial charge in [0.1, 0.15) is 0 Å². The lowest BCUT2D eigenvalue weighted by Gasteiger charge is -2.33. The maximum absolute atomic E-state index is 12.7. The van der Waals surface area contributed by atoms with E-state index in [0.29, 0.717) is 6.42 Å². The van der Waals surface area contributed by atoms with Crippen molar-refractivity contribution in [3.8, 4) is 0 Å². The molecule has 0 aromatic heterocycles. The molecular formula is C16H23NO3S. The molecule has 0 saturated heterocycles. The second-order valence-corrected chi connectivity index (χ2v) is 6.93. The highest BCUT2D eigenvalue weighted by Gasteiger charge is 2.33. The second kappa shape index (κ2) is 7.54. The minimum Gasteiger partial charge on any atom is -0.375 e. The zero-order chi connectivity index (χ0) is 16.0. The molecule has 0 radical (unpaired) electrons. The van der Waals surface area contributed by atoms with Crippen molar-refractivity contribution in [3.05, 3.63) is 55.1 Å². The molecule has 0 amide bonds. The van der Waals surface area contributed by atoms with E-state index in [0.717, 1.165) is 5.57 Å². The van der Waals surface area contributed by atoms with E-state index < -0.39 is 10.0 Å². The van der Waals surface area contributed by atoms with Gasteiger partial charge < -0.3 is 4.74 Å². The number of benzene rings is 1. The minimum absolute atomic E-state index is 0.262. The first-order valence-electron chi connectivity index (χ1n) is 6.68. The highest BCUT2D eigenvalue weighted by molar-refractivity contribution is 7.89. The summed E-state index contributed by atoms with van der Waals surface area (Å²) in [6.07, 6.45) is 1.79. The van der Waals surface area contributed by atoms with Gasteiger partial charge in [-0.1, -0.05) is 36.4 Å². The number of methoxy groups -OCH3 is 1. The van der Waals surface area contributed by atoms with Crippen LogP contribution >= 0.6 is 0 Å². The van der Waals surface area contributed by atoms with E-state index in [1.54, 1.807) is 50.6 Å². The highest BCUT2D eigenvalue weighted by Crippen LogP contribution is 2.23. The average molecular weight is 309 g/mol. The highest BCUT2D eigenvalue weighted by atomic mass is 32.2. The van der Waals surface area contributed by atoms with Crippen LogP contribution in [0.15, 0.2) is 60.0 Å². The third kappa shape index (κ3) is 4.03. The Morgan fingerprint density at radius 2 is 1.95 bits per heavy atom. The molecule has 0 saturated carbocycles. The van der Waals surface area contributed by atoms with Crippen molar-refractivity contribution in [2.24, 2.45) is 0 Å². The Morgan fingerprint density at radius 1 is 1.38 bits per heavy atom. The standard InChI is InChI=1S/C16H23NO3S/c1-6-10-15(16(20-5)13(2)3)17(4)21(18,19)14-11-8-7-9-12-14/h6-9,11-12,15-16H,1-2,10H2,3-5H3/t15-,16-/m1/s1. The largest absolute Gasteiger partial charge is 0.375 e. The van der Waals surface area contributed by atoms with Gasteiger partial charge in [0.05, 0.1) is 17.0 Å². The molecular weight excluding hydrogens is 286 g/mol. The van der Waals surface area contributed by atoms with Crippen LogP contribution in [0.2, 0.25) is 0 Å². The third-order valence-electron chi connectivity index (χ3n) is 3.38. The summed E-state index contributed by atoms with van der Waals surface area (Å²) in [5.74, 6) is 0. The number of hydrogen-bond acceptors (Lipinski definition) is 3. The van der Waals surface area contributed by atoms with Gasteiger partial charge in [0.2, 0.25) is 10.0 Å². The molecule has 0 fully saturated rings. The van der Waals surface area contributed by atoms with Gasteiger partial charge in [0, 0.05) is 14.2 Å². The zero-order valence-corrected chi connectivity index (χ0v) is 13.6. The second-order valence-electron chi connectivity index (χ2n) is 4.93. The third-order valence-corrected chi connectivity index (χ3v) is 5.28. The number of sulfonamides is 1. The van der Waals surface area contributed by atoms with Crippen molar-refractivity contribution < 1.29 is 13.2 Å². The van der Waals surface area contributed by atoms with Crippen molar-refractivity contribution in [1.29, 1.82) is 0 Å².